The molecule has 0 spiro atoms. The third kappa shape index (κ3) is 1.45. The highest BCUT2D eigenvalue weighted by molar-refractivity contribution is 6.01. The fraction of sp³-hybridized carbons (Fsp3) is 0.500. The number of hydrogen-bond acceptors (Lipinski definition) is 2. The lowest BCUT2D eigenvalue weighted by atomic mass is 9.87. The Labute approximate surface area is 85.1 Å². The Morgan fingerprint density at radius 3 is 2.64 bits per heavy atom. The van der Waals surface area contributed by atoms with Crippen molar-refractivity contribution < 1.29 is 0 Å². The summed E-state index contributed by atoms with van der Waals surface area (Å²) in [5.74, 6) is 0. The third-order valence-electron chi connectivity index (χ3n) is 2.69. The second kappa shape index (κ2) is 2.91. The van der Waals surface area contributed by atoms with Gasteiger partial charge in [-0.05, 0) is 24.0 Å². The minimum atomic E-state index is 0.172. The van der Waals surface area contributed by atoms with Gasteiger partial charge in [0.1, 0.15) is 0 Å². The Hall–Kier alpha value is -1.18. The van der Waals surface area contributed by atoms with E-state index in [9.17, 15) is 0 Å². The van der Waals surface area contributed by atoms with Crippen molar-refractivity contribution in [2.75, 3.05) is 0 Å². The molecule has 0 saturated carbocycles. The van der Waals surface area contributed by atoms with Crippen LogP contribution in [0.25, 0.3) is 0 Å². The zero-order valence-electron chi connectivity index (χ0n) is 9.26. The number of hydrogen-bond donors (Lipinski definition) is 0. The highest BCUT2D eigenvalue weighted by Gasteiger charge is 2.19. The van der Waals surface area contributed by atoms with Crippen LogP contribution in [0.2, 0.25) is 0 Å². The molecular formula is C12H16N2. The summed E-state index contributed by atoms with van der Waals surface area (Å²) in [7, 11) is 0. The van der Waals surface area contributed by atoms with E-state index in [1.807, 2.05) is 6.20 Å². The van der Waals surface area contributed by atoms with Gasteiger partial charge in [0.25, 0.3) is 0 Å². The van der Waals surface area contributed by atoms with Crippen molar-refractivity contribution in [3.05, 3.63) is 29.1 Å². The molecule has 1 aliphatic heterocycles. The van der Waals surface area contributed by atoms with E-state index in [4.69, 9.17) is 0 Å². The summed E-state index contributed by atoms with van der Waals surface area (Å²) < 4.78 is 0. The highest BCUT2D eigenvalue weighted by Crippen LogP contribution is 2.25. The smallest absolute Gasteiger partial charge is 0.0821 e. The molecule has 0 atom stereocenters. The zero-order chi connectivity index (χ0) is 10.3. The van der Waals surface area contributed by atoms with Crippen molar-refractivity contribution in [3.8, 4) is 0 Å². The van der Waals surface area contributed by atoms with Gasteiger partial charge in [0.2, 0.25) is 0 Å². The highest BCUT2D eigenvalue weighted by atomic mass is 14.8. The predicted octanol–water partition coefficient (Wildman–Crippen LogP) is 2.70. The number of nitrogens with zero attached hydrogens (tertiary/aromatic N) is 2. The summed E-state index contributed by atoms with van der Waals surface area (Å²) >= 11 is 0. The molecule has 1 aliphatic rings. The van der Waals surface area contributed by atoms with Crippen LogP contribution in [-0.2, 0) is 12.0 Å². The molecule has 2 heterocycles. The van der Waals surface area contributed by atoms with Crippen LogP contribution >= 0.6 is 0 Å². The van der Waals surface area contributed by atoms with Crippen LogP contribution < -0.4 is 0 Å². The fourth-order valence-electron chi connectivity index (χ4n) is 1.62. The molecule has 0 fully saturated rings. The summed E-state index contributed by atoms with van der Waals surface area (Å²) in [6, 6.07) is 2.23. The molecule has 0 bridgehead atoms. The summed E-state index contributed by atoms with van der Waals surface area (Å²) in [4.78, 5) is 8.84. The Morgan fingerprint density at radius 2 is 2.00 bits per heavy atom. The Bertz CT molecular complexity index is 397. The molecule has 0 amide bonds. The minimum absolute atomic E-state index is 0.172. The van der Waals surface area contributed by atoms with Gasteiger partial charge >= 0.3 is 0 Å². The van der Waals surface area contributed by atoms with Crippen LogP contribution in [0.1, 0.15) is 44.5 Å². The van der Waals surface area contributed by atoms with Gasteiger partial charge in [-0.3, -0.25) is 9.98 Å². The minimum Gasteiger partial charge on any atom is -0.283 e. The summed E-state index contributed by atoms with van der Waals surface area (Å²) in [6.07, 6.45) is 1.98. The number of pyridine rings is 1. The van der Waals surface area contributed by atoms with Gasteiger partial charge < -0.3 is 0 Å². The molecule has 0 radical (unpaired) electrons. The van der Waals surface area contributed by atoms with Crippen molar-refractivity contribution in [1.82, 2.24) is 4.98 Å². The Morgan fingerprint density at radius 1 is 1.29 bits per heavy atom. The van der Waals surface area contributed by atoms with Gasteiger partial charge in [0.05, 0.1) is 12.2 Å². The van der Waals surface area contributed by atoms with E-state index in [0.29, 0.717) is 0 Å². The van der Waals surface area contributed by atoms with E-state index in [1.165, 1.54) is 11.1 Å². The van der Waals surface area contributed by atoms with Gasteiger partial charge in [-0.2, -0.15) is 0 Å². The largest absolute Gasteiger partial charge is 0.283 e. The van der Waals surface area contributed by atoms with Gasteiger partial charge in [0, 0.05) is 17.5 Å². The van der Waals surface area contributed by atoms with E-state index in [-0.39, 0.29) is 5.41 Å². The average Bonchev–Trinajstić information content (AvgIpc) is 2.46. The second-order valence-electron chi connectivity index (χ2n) is 4.87. The first-order chi connectivity index (χ1) is 6.48. The van der Waals surface area contributed by atoms with Crippen LogP contribution in [0.3, 0.4) is 0 Å². The van der Waals surface area contributed by atoms with Gasteiger partial charge in [-0.1, -0.05) is 20.8 Å². The van der Waals surface area contributed by atoms with Crippen molar-refractivity contribution in [2.24, 2.45) is 4.99 Å². The van der Waals surface area contributed by atoms with E-state index in [2.05, 4.69) is 43.7 Å². The standard InChI is InChI=1S/C12H16N2/c1-8-10-5-9(12(2,3)4)6-14-11(10)7-13-8/h5-6H,7H2,1-4H3. The van der Waals surface area contributed by atoms with Crippen molar-refractivity contribution in [3.63, 3.8) is 0 Å². The van der Waals surface area contributed by atoms with Crippen molar-refractivity contribution in [1.29, 1.82) is 0 Å². The number of rotatable bonds is 0. The predicted molar refractivity (Wildman–Crippen MR) is 58.9 cm³/mol. The van der Waals surface area contributed by atoms with E-state index in [0.717, 1.165) is 18.0 Å². The van der Waals surface area contributed by atoms with E-state index in [1.54, 1.807) is 0 Å². The first kappa shape index (κ1) is 9.38. The first-order valence-corrected chi connectivity index (χ1v) is 4.99. The Kier molecular flexibility index (Phi) is 1.95. The maximum absolute atomic E-state index is 4.46. The molecule has 0 saturated heterocycles. The zero-order valence-corrected chi connectivity index (χ0v) is 9.26. The molecular weight excluding hydrogens is 172 g/mol. The van der Waals surface area contributed by atoms with Crippen LogP contribution in [0.5, 0.6) is 0 Å². The number of fused-ring (bicyclic) bond motifs is 1. The van der Waals surface area contributed by atoms with Gasteiger partial charge in [-0.15, -0.1) is 0 Å². The van der Waals surface area contributed by atoms with Crippen molar-refractivity contribution >= 4 is 5.71 Å². The van der Waals surface area contributed by atoms with Crippen molar-refractivity contribution in [2.45, 2.75) is 39.7 Å². The second-order valence-corrected chi connectivity index (χ2v) is 4.87. The molecule has 14 heavy (non-hydrogen) atoms. The summed E-state index contributed by atoms with van der Waals surface area (Å²) in [6.45, 7) is 9.43. The molecule has 2 nitrogen and oxygen atoms in total. The van der Waals surface area contributed by atoms with E-state index >= 15 is 0 Å². The molecule has 0 aliphatic carbocycles. The lowest BCUT2D eigenvalue weighted by molar-refractivity contribution is 0.586. The maximum atomic E-state index is 4.46. The SMILES string of the molecule is CC1=NCc2ncc(C(C)(C)C)cc21. The number of aliphatic imine (C=N–C) groups is 1. The van der Waals surface area contributed by atoms with Crippen LogP contribution in [0, 0.1) is 0 Å². The topological polar surface area (TPSA) is 25.2 Å². The van der Waals surface area contributed by atoms with Crippen LogP contribution in [0.4, 0.5) is 0 Å². The number of aromatic nitrogens is 1. The lowest BCUT2D eigenvalue weighted by Gasteiger charge is -2.19. The van der Waals surface area contributed by atoms with Gasteiger partial charge in [0.15, 0.2) is 0 Å². The molecule has 1 aromatic rings. The first-order valence-electron chi connectivity index (χ1n) is 4.99. The average molecular weight is 188 g/mol. The molecule has 0 N–H and O–H groups in total. The molecule has 74 valence electrons. The quantitative estimate of drug-likeness (QED) is 0.614. The van der Waals surface area contributed by atoms with E-state index < -0.39 is 0 Å². The van der Waals surface area contributed by atoms with Gasteiger partial charge in [-0.25, -0.2) is 0 Å². The normalized spacial score (nSPS) is 15.3. The third-order valence-corrected chi connectivity index (χ3v) is 2.69. The van der Waals surface area contributed by atoms with Crippen LogP contribution in [-0.4, -0.2) is 10.7 Å². The molecule has 2 heteroatoms. The lowest BCUT2D eigenvalue weighted by Crippen LogP contribution is -2.13. The monoisotopic (exact) mass is 188 g/mol. The molecule has 1 aromatic heterocycles. The van der Waals surface area contributed by atoms with Crippen LogP contribution in [0.15, 0.2) is 17.3 Å². The Balaban J connectivity index is 2.50. The molecule has 0 aromatic carbocycles. The molecule has 2 rings (SSSR count). The summed E-state index contributed by atoms with van der Waals surface area (Å²) in [5.41, 5.74) is 4.93. The maximum Gasteiger partial charge on any atom is 0.0821 e. The summed E-state index contributed by atoms with van der Waals surface area (Å²) in [5, 5.41) is 0. The molecule has 0 unspecified atom stereocenters. The fourth-order valence-corrected chi connectivity index (χ4v) is 1.62.